The molecule has 9 aromatic rings. The first-order valence-corrected chi connectivity index (χ1v) is 19.1. The summed E-state index contributed by atoms with van der Waals surface area (Å²) in [5.41, 5.74) is 13.6. The van der Waals surface area contributed by atoms with Crippen molar-refractivity contribution in [3.8, 4) is 22.3 Å². The van der Waals surface area contributed by atoms with Gasteiger partial charge in [-0.2, -0.15) is 0 Å². The molecule has 0 atom stereocenters. The summed E-state index contributed by atoms with van der Waals surface area (Å²) in [6, 6.07) is 63.1. The summed E-state index contributed by atoms with van der Waals surface area (Å²) < 4.78 is 2.61. The zero-order chi connectivity index (χ0) is 33.7. The Hall–Kier alpha value is -5.67. The Morgan fingerprint density at radius 2 is 1.10 bits per heavy atom. The number of rotatable bonds is 3. The van der Waals surface area contributed by atoms with Crippen molar-refractivity contribution in [2.24, 2.45) is 0 Å². The summed E-state index contributed by atoms with van der Waals surface area (Å²) in [5.74, 6) is 0. The van der Waals surface area contributed by atoms with Crippen molar-refractivity contribution in [1.82, 2.24) is 0 Å². The molecule has 0 radical (unpaired) electrons. The monoisotopic (exact) mass is 682 g/mol. The van der Waals surface area contributed by atoms with Crippen molar-refractivity contribution in [3.63, 3.8) is 0 Å². The Kier molecular flexibility index (Phi) is 6.23. The standard InChI is InChI=1S/C49H30S2/c1-30(34-15-10-17-38-37-14-4-7-21-43(37)51-48(34)38)31-24-26-33(27-25-31)36-16-11-20-41-46(36)47-35-13-3-2-12-32(35)28-29-42(47)49(41)39-18-5-8-22-44(39)50-45-23-9-6-19-40(45)49/h2-29H,1H2. The third-order valence-electron chi connectivity index (χ3n) is 11.1. The Morgan fingerprint density at radius 1 is 0.471 bits per heavy atom. The van der Waals surface area contributed by atoms with E-state index < -0.39 is 5.41 Å². The molecule has 0 bridgehead atoms. The van der Waals surface area contributed by atoms with Crippen molar-refractivity contribution in [2.45, 2.75) is 15.2 Å². The van der Waals surface area contributed by atoms with E-state index in [0.29, 0.717) is 0 Å². The summed E-state index contributed by atoms with van der Waals surface area (Å²) in [6.07, 6.45) is 0. The first-order valence-electron chi connectivity index (χ1n) is 17.4. The number of thiophene rings is 1. The van der Waals surface area contributed by atoms with Crippen LogP contribution < -0.4 is 0 Å². The maximum Gasteiger partial charge on any atom is 0.0735 e. The molecule has 1 aliphatic carbocycles. The first kappa shape index (κ1) is 29.1. The van der Waals surface area contributed by atoms with Gasteiger partial charge >= 0.3 is 0 Å². The number of benzene rings is 8. The van der Waals surface area contributed by atoms with Crippen LogP contribution in [0.2, 0.25) is 0 Å². The SMILES string of the molecule is C=C(c1ccc(-c2cccc3c2-c2c(ccc4ccccc24)C32c3ccccc3Sc3ccccc32)cc1)c1cccc2c1sc1ccccc12. The highest BCUT2D eigenvalue weighted by molar-refractivity contribution is 7.99. The molecule has 0 saturated heterocycles. The van der Waals surface area contributed by atoms with Gasteiger partial charge in [-0.3, -0.25) is 0 Å². The van der Waals surface area contributed by atoms with Gasteiger partial charge in [0.05, 0.1) is 5.41 Å². The average molecular weight is 683 g/mol. The Labute approximate surface area is 305 Å². The maximum absolute atomic E-state index is 4.64. The van der Waals surface area contributed by atoms with Crippen LogP contribution >= 0.6 is 23.1 Å². The summed E-state index contributed by atoms with van der Waals surface area (Å²) in [4.78, 5) is 2.65. The lowest BCUT2D eigenvalue weighted by Gasteiger charge is -2.39. The van der Waals surface area contributed by atoms with Crippen LogP contribution in [0.15, 0.2) is 186 Å². The second-order valence-corrected chi connectivity index (χ2v) is 15.8. The van der Waals surface area contributed by atoms with Gasteiger partial charge in [-0.1, -0.05) is 170 Å². The Bertz CT molecular complexity index is 2860. The lowest BCUT2D eigenvalue weighted by atomic mass is 9.67. The minimum Gasteiger partial charge on any atom is -0.135 e. The third kappa shape index (κ3) is 3.98. The fourth-order valence-corrected chi connectivity index (χ4v) is 11.4. The Morgan fingerprint density at radius 3 is 1.90 bits per heavy atom. The highest BCUT2D eigenvalue weighted by atomic mass is 32.2. The average Bonchev–Trinajstić information content (AvgIpc) is 3.72. The van der Waals surface area contributed by atoms with E-state index in [0.717, 1.165) is 11.1 Å². The number of fused-ring (bicyclic) bond motifs is 14. The summed E-state index contributed by atoms with van der Waals surface area (Å²) in [5, 5.41) is 5.18. The zero-order valence-electron chi connectivity index (χ0n) is 27.7. The molecule has 238 valence electrons. The van der Waals surface area contributed by atoms with Crippen molar-refractivity contribution in [2.75, 3.05) is 0 Å². The van der Waals surface area contributed by atoms with E-state index in [-0.39, 0.29) is 0 Å². The van der Waals surface area contributed by atoms with E-state index in [2.05, 4.69) is 176 Å². The molecular formula is C49H30S2. The molecule has 2 heteroatoms. The van der Waals surface area contributed by atoms with Crippen LogP contribution in [-0.4, -0.2) is 0 Å². The van der Waals surface area contributed by atoms with Crippen LogP contribution in [0.5, 0.6) is 0 Å². The molecule has 0 nitrogen and oxygen atoms in total. The van der Waals surface area contributed by atoms with E-state index in [1.165, 1.54) is 90.8 Å². The molecule has 0 amide bonds. The molecule has 51 heavy (non-hydrogen) atoms. The van der Waals surface area contributed by atoms with Crippen LogP contribution in [0.1, 0.15) is 33.4 Å². The van der Waals surface area contributed by atoms with E-state index in [4.69, 9.17) is 0 Å². The fraction of sp³-hybridized carbons (Fsp3) is 0.0204. The molecule has 0 fully saturated rings. The number of hydrogen-bond acceptors (Lipinski definition) is 2. The van der Waals surface area contributed by atoms with Gasteiger partial charge < -0.3 is 0 Å². The van der Waals surface area contributed by atoms with Crippen molar-refractivity contribution in [1.29, 1.82) is 0 Å². The van der Waals surface area contributed by atoms with Crippen LogP contribution in [0.3, 0.4) is 0 Å². The lowest BCUT2D eigenvalue weighted by Crippen LogP contribution is -2.31. The van der Waals surface area contributed by atoms with Gasteiger partial charge in [0.2, 0.25) is 0 Å². The summed E-state index contributed by atoms with van der Waals surface area (Å²) in [6.45, 7) is 4.64. The van der Waals surface area contributed by atoms with Crippen molar-refractivity contribution in [3.05, 3.63) is 210 Å². The van der Waals surface area contributed by atoms with Crippen LogP contribution in [0.4, 0.5) is 0 Å². The first-order chi connectivity index (χ1) is 25.2. The summed E-state index contributed by atoms with van der Waals surface area (Å²) >= 11 is 3.75. The molecule has 0 unspecified atom stereocenters. The molecule has 2 heterocycles. The second kappa shape index (κ2) is 10.9. The van der Waals surface area contributed by atoms with Gasteiger partial charge in [-0.05, 0) is 90.2 Å². The molecule has 2 aliphatic rings. The smallest absolute Gasteiger partial charge is 0.0735 e. The predicted octanol–water partition coefficient (Wildman–Crippen LogP) is 13.8. The maximum atomic E-state index is 4.64. The van der Waals surface area contributed by atoms with Gasteiger partial charge in [0.15, 0.2) is 0 Å². The molecule has 1 aromatic heterocycles. The van der Waals surface area contributed by atoms with Crippen LogP contribution in [-0.2, 0) is 5.41 Å². The van der Waals surface area contributed by atoms with Gasteiger partial charge in [0, 0.05) is 30.0 Å². The molecule has 1 spiro atoms. The molecule has 0 N–H and O–H groups in total. The molecule has 0 saturated carbocycles. The molecule has 8 aromatic carbocycles. The molecule has 1 aliphatic heterocycles. The minimum absolute atomic E-state index is 0.416. The topological polar surface area (TPSA) is 0 Å². The van der Waals surface area contributed by atoms with Gasteiger partial charge in [-0.25, -0.2) is 0 Å². The quantitative estimate of drug-likeness (QED) is 0.179. The fourth-order valence-electron chi connectivity index (χ4n) is 8.94. The second-order valence-electron chi connectivity index (χ2n) is 13.6. The van der Waals surface area contributed by atoms with Crippen LogP contribution in [0.25, 0.3) is 58.8 Å². The van der Waals surface area contributed by atoms with Gasteiger partial charge in [-0.15, -0.1) is 11.3 Å². The van der Waals surface area contributed by atoms with E-state index in [1.54, 1.807) is 0 Å². The van der Waals surface area contributed by atoms with Crippen LogP contribution in [0, 0.1) is 0 Å². The van der Waals surface area contributed by atoms with Crippen molar-refractivity contribution >= 4 is 59.6 Å². The van der Waals surface area contributed by atoms with E-state index >= 15 is 0 Å². The largest absolute Gasteiger partial charge is 0.135 e. The minimum atomic E-state index is -0.416. The number of hydrogen-bond donors (Lipinski definition) is 0. The predicted molar refractivity (Wildman–Crippen MR) is 218 cm³/mol. The van der Waals surface area contributed by atoms with E-state index in [1.807, 2.05) is 23.1 Å². The zero-order valence-corrected chi connectivity index (χ0v) is 29.3. The normalized spacial score (nSPS) is 13.6. The van der Waals surface area contributed by atoms with Gasteiger partial charge in [0.25, 0.3) is 0 Å². The third-order valence-corrected chi connectivity index (χ3v) is 13.5. The molecule has 11 rings (SSSR count). The van der Waals surface area contributed by atoms with Crippen molar-refractivity contribution < 1.29 is 0 Å². The van der Waals surface area contributed by atoms with Gasteiger partial charge in [0.1, 0.15) is 0 Å². The van der Waals surface area contributed by atoms with E-state index in [9.17, 15) is 0 Å². The Balaban J connectivity index is 1.13. The molecular weight excluding hydrogens is 653 g/mol. The summed E-state index contributed by atoms with van der Waals surface area (Å²) in [7, 11) is 0. The lowest BCUT2D eigenvalue weighted by molar-refractivity contribution is 0.723. The highest BCUT2D eigenvalue weighted by Gasteiger charge is 2.51. The highest BCUT2D eigenvalue weighted by Crippen LogP contribution is 2.64.